The van der Waals surface area contributed by atoms with Crippen LogP contribution in [-0.4, -0.2) is 25.9 Å². The van der Waals surface area contributed by atoms with Gasteiger partial charge in [0, 0.05) is 12.7 Å². The molecular formula is C20H22N4O2S. The van der Waals surface area contributed by atoms with Crippen LogP contribution in [0.15, 0.2) is 40.1 Å². The van der Waals surface area contributed by atoms with Gasteiger partial charge in [-0.05, 0) is 62.4 Å². The average molecular weight is 382 g/mol. The van der Waals surface area contributed by atoms with Gasteiger partial charge in [-0.3, -0.25) is 4.79 Å². The van der Waals surface area contributed by atoms with Crippen molar-refractivity contribution in [2.24, 2.45) is 7.05 Å². The van der Waals surface area contributed by atoms with E-state index in [4.69, 9.17) is 4.42 Å². The first-order valence-corrected chi connectivity index (χ1v) is 9.94. The minimum atomic E-state index is -0.292. The Hall–Kier alpha value is -2.54. The lowest BCUT2D eigenvalue weighted by molar-refractivity contribution is -0.115. The molecule has 2 aromatic heterocycles. The van der Waals surface area contributed by atoms with Crippen LogP contribution in [0.4, 0.5) is 5.69 Å². The van der Waals surface area contributed by atoms with Gasteiger partial charge in [-0.25, -0.2) is 0 Å². The van der Waals surface area contributed by atoms with Gasteiger partial charge >= 0.3 is 0 Å². The van der Waals surface area contributed by atoms with E-state index in [-0.39, 0.29) is 11.2 Å². The predicted octanol–water partition coefficient (Wildman–Crippen LogP) is 3.99. The molecule has 0 aliphatic heterocycles. The highest BCUT2D eigenvalue weighted by Gasteiger charge is 2.21. The molecule has 1 aliphatic carbocycles. The zero-order chi connectivity index (χ0) is 19.0. The molecule has 140 valence electrons. The summed E-state index contributed by atoms with van der Waals surface area (Å²) in [4.78, 5) is 12.6. The Bertz CT molecular complexity index is 992. The first kappa shape index (κ1) is 17.9. The van der Waals surface area contributed by atoms with Gasteiger partial charge in [0.2, 0.25) is 5.91 Å². The minimum absolute atomic E-state index is 0.0398. The Kier molecular flexibility index (Phi) is 4.78. The van der Waals surface area contributed by atoms with Gasteiger partial charge in [-0.2, -0.15) is 0 Å². The van der Waals surface area contributed by atoms with Gasteiger partial charge in [-0.15, -0.1) is 10.2 Å². The number of carbonyl (C=O) groups excluding carboxylic acids is 1. The number of fused-ring (bicyclic) bond motifs is 1. The summed E-state index contributed by atoms with van der Waals surface area (Å²) in [5, 5.41) is 11.9. The van der Waals surface area contributed by atoms with E-state index in [9.17, 15) is 4.79 Å². The lowest BCUT2D eigenvalue weighted by atomic mass is 10.1. The van der Waals surface area contributed by atoms with Crippen molar-refractivity contribution in [3.05, 3.63) is 47.4 Å². The summed E-state index contributed by atoms with van der Waals surface area (Å²) in [5.74, 6) is 1.49. The molecule has 1 aromatic carbocycles. The van der Waals surface area contributed by atoms with Crippen molar-refractivity contribution in [3.8, 4) is 11.4 Å². The van der Waals surface area contributed by atoms with E-state index < -0.39 is 0 Å². The molecule has 0 saturated heterocycles. The monoisotopic (exact) mass is 382 g/mol. The standard InChI is InChI=1S/C20H22N4O2S/c1-12-17(9-10-26-12)18-22-23-20(24(18)3)27-13(2)19(25)21-16-8-7-14-5-4-6-15(14)11-16/h7-11,13H,4-6H2,1-3H3,(H,21,25)/t13-/m0/s1. The maximum atomic E-state index is 12.6. The van der Waals surface area contributed by atoms with Crippen molar-refractivity contribution in [2.75, 3.05) is 5.32 Å². The molecule has 0 unspecified atom stereocenters. The molecule has 1 atom stereocenters. The minimum Gasteiger partial charge on any atom is -0.469 e. The predicted molar refractivity (Wildman–Crippen MR) is 106 cm³/mol. The molecule has 7 heteroatoms. The Balaban J connectivity index is 1.44. The highest BCUT2D eigenvalue weighted by molar-refractivity contribution is 8.00. The molecular weight excluding hydrogens is 360 g/mol. The molecule has 27 heavy (non-hydrogen) atoms. The van der Waals surface area contributed by atoms with E-state index >= 15 is 0 Å². The Labute approximate surface area is 162 Å². The molecule has 3 aromatic rings. The van der Waals surface area contributed by atoms with E-state index in [1.807, 2.05) is 37.6 Å². The SMILES string of the molecule is Cc1occc1-c1nnc(S[C@@H](C)C(=O)Nc2ccc3c(c2)CCC3)n1C. The third-order valence-electron chi connectivity index (χ3n) is 4.95. The second kappa shape index (κ2) is 7.23. The largest absolute Gasteiger partial charge is 0.469 e. The number of furan rings is 1. The quantitative estimate of drug-likeness (QED) is 0.676. The highest BCUT2D eigenvalue weighted by atomic mass is 32.2. The van der Waals surface area contributed by atoms with Crippen LogP contribution >= 0.6 is 11.8 Å². The molecule has 1 aliphatic rings. The van der Waals surface area contributed by atoms with Crippen molar-refractivity contribution in [3.63, 3.8) is 0 Å². The zero-order valence-electron chi connectivity index (χ0n) is 15.7. The fourth-order valence-electron chi connectivity index (χ4n) is 3.37. The summed E-state index contributed by atoms with van der Waals surface area (Å²) in [6.45, 7) is 3.77. The van der Waals surface area contributed by atoms with Crippen LogP contribution in [0, 0.1) is 6.92 Å². The number of aryl methyl sites for hydroxylation is 3. The molecule has 0 bridgehead atoms. The second-order valence-corrected chi connectivity index (χ2v) is 8.15. The zero-order valence-corrected chi connectivity index (χ0v) is 16.5. The van der Waals surface area contributed by atoms with E-state index in [0.29, 0.717) is 5.16 Å². The maximum Gasteiger partial charge on any atom is 0.237 e. The number of aromatic nitrogens is 3. The topological polar surface area (TPSA) is 72.9 Å². The third-order valence-corrected chi connectivity index (χ3v) is 6.09. The number of hydrogen-bond acceptors (Lipinski definition) is 5. The van der Waals surface area contributed by atoms with Crippen LogP contribution in [-0.2, 0) is 24.7 Å². The summed E-state index contributed by atoms with van der Waals surface area (Å²) in [6.07, 6.45) is 5.07. The molecule has 1 amide bonds. The lowest BCUT2D eigenvalue weighted by Crippen LogP contribution is -2.23. The van der Waals surface area contributed by atoms with E-state index in [1.165, 1.54) is 29.3 Å². The van der Waals surface area contributed by atoms with Crippen molar-refractivity contribution in [1.82, 2.24) is 14.8 Å². The molecule has 2 heterocycles. The van der Waals surface area contributed by atoms with Gasteiger partial charge in [0.1, 0.15) is 5.76 Å². The molecule has 0 radical (unpaired) electrons. The van der Waals surface area contributed by atoms with Gasteiger partial charge in [0.25, 0.3) is 0 Å². The number of benzene rings is 1. The molecule has 6 nitrogen and oxygen atoms in total. The highest BCUT2D eigenvalue weighted by Crippen LogP contribution is 2.29. The van der Waals surface area contributed by atoms with E-state index in [0.717, 1.165) is 35.7 Å². The average Bonchev–Trinajstić information content (AvgIpc) is 3.36. The molecule has 0 spiro atoms. The van der Waals surface area contributed by atoms with Gasteiger partial charge < -0.3 is 14.3 Å². The van der Waals surface area contributed by atoms with Crippen molar-refractivity contribution < 1.29 is 9.21 Å². The fourth-order valence-corrected chi connectivity index (χ4v) is 4.19. The number of amides is 1. The smallest absolute Gasteiger partial charge is 0.237 e. The van der Waals surface area contributed by atoms with Crippen LogP contribution in [0.2, 0.25) is 0 Å². The normalized spacial score (nSPS) is 14.2. The molecule has 1 N–H and O–H groups in total. The van der Waals surface area contributed by atoms with Crippen molar-refractivity contribution in [1.29, 1.82) is 0 Å². The fraction of sp³-hybridized carbons (Fsp3) is 0.350. The molecule has 0 saturated carbocycles. The van der Waals surface area contributed by atoms with Gasteiger partial charge in [-0.1, -0.05) is 17.8 Å². The second-order valence-electron chi connectivity index (χ2n) is 6.84. The Morgan fingerprint density at radius 2 is 2.07 bits per heavy atom. The number of thioether (sulfide) groups is 1. The first-order chi connectivity index (χ1) is 13.0. The first-order valence-electron chi connectivity index (χ1n) is 9.06. The Morgan fingerprint density at radius 3 is 2.85 bits per heavy atom. The number of rotatable bonds is 5. The summed E-state index contributed by atoms with van der Waals surface area (Å²) >= 11 is 1.39. The summed E-state index contributed by atoms with van der Waals surface area (Å²) in [6, 6.07) is 8.08. The van der Waals surface area contributed by atoms with Crippen molar-refractivity contribution >= 4 is 23.4 Å². The van der Waals surface area contributed by atoms with Crippen LogP contribution in [0.1, 0.15) is 30.2 Å². The van der Waals surface area contributed by atoms with Crippen molar-refractivity contribution in [2.45, 2.75) is 43.5 Å². The third kappa shape index (κ3) is 3.51. The maximum absolute atomic E-state index is 12.6. The van der Waals surface area contributed by atoms with Crippen LogP contribution in [0.3, 0.4) is 0 Å². The van der Waals surface area contributed by atoms with Crippen LogP contribution in [0.5, 0.6) is 0 Å². The van der Waals surface area contributed by atoms with E-state index in [2.05, 4.69) is 27.6 Å². The summed E-state index contributed by atoms with van der Waals surface area (Å²) in [7, 11) is 1.90. The number of carbonyl (C=O) groups is 1. The number of nitrogens with zero attached hydrogens (tertiary/aromatic N) is 3. The van der Waals surface area contributed by atoms with Crippen LogP contribution in [0.25, 0.3) is 11.4 Å². The number of nitrogens with one attached hydrogen (secondary N) is 1. The molecule has 4 rings (SSSR count). The van der Waals surface area contributed by atoms with E-state index in [1.54, 1.807) is 6.26 Å². The molecule has 0 fully saturated rings. The number of anilines is 1. The van der Waals surface area contributed by atoms with Crippen LogP contribution < -0.4 is 5.32 Å². The summed E-state index contributed by atoms with van der Waals surface area (Å²) < 4.78 is 7.24. The lowest BCUT2D eigenvalue weighted by Gasteiger charge is -2.12. The van der Waals surface area contributed by atoms with Gasteiger partial charge in [0.15, 0.2) is 11.0 Å². The number of hydrogen-bond donors (Lipinski definition) is 1. The van der Waals surface area contributed by atoms with Gasteiger partial charge in [0.05, 0.1) is 17.1 Å². The Morgan fingerprint density at radius 1 is 1.26 bits per heavy atom. The summed E-state index contributed by atoms with van der Waals surface area (Å²) in [5.41, 5.74) is 4.52.